The highest BCUT2D eigenvalue weighted by molar-refractivity contribution is 7.91. The van der Waals surface area contributed by atoms with Crippen molar-refractivity contribution in [1.82, 2.24) is 24.6 Å². The molecule has 0 spiro atoms. The van der Waals surface area contributed by atoms with Crippen molar-refractivity contribution in [3.05, 3.63) is 47.7 Å². The summed E-state index contributed by atoms with van der Waals surface area (Å²) >= 11 is 0. The van der Waals surface area contributed by atoms with Gasteiger partial charge in [-0.15, -0.1) is 0 Å². The zero-order valence-electron chi connectivity index (χ0n) is 18.4. The number of aryl methyl sites for hydroxylation is 1. The summed E-state index contributed by atoms with van der Waals surface area (Å²) in [6.45, 7) is 4.89. The molecule has 168 valence electrons. The molecule has 32 heavy (non-hydrogen) atoms. The van der Waals surface area contributed by atoms with E-state index in [2.05, 4.69) is 17.0 Å². The summed E-state index contributed by atoms with van der Waals surface area (Å²) in [6.07, 6.45) is 0.511. The first-order chi connectivity index (χ1) is 15.3. The van der Waals surface area contributed by atoms with Gasteiger partial charge >= 0.3 is 0 Å². The van der Waals surface area contributed by atoms with E-state index in [1.807, 2.05) is 48.2 Å². The summed E-state index contributed by atoms with van der Waals surface area (Å²) in [4.78, 5) is 22.6. The van der Waals surface area contributed by atoms with Crippen LogP contribution in [-0.4, -0.2) is 83.6 Å². The van der Waals surface area contributed by atoms with Gasteiger partial charge < -0.3 is 9.80 Å². The lowest BCUT2D eigenvalue weighted by Crippen LogP contribution is -2.47. The van der Waals surface area contributed by atoms with E-state index in [1.54, 1.807) is 4.68 Å². The van der Waals surface area contributed by atoms with Crippen LogP contribution in [0.15, 0.2) is 36.4 Å². The SMILES string of the molecule is Cc1nn([C@H]2CCS(=O)(=O)C2)c2nc(-c3ccccc3)cc(C(=O)N3CCN(C)CC3)c12. The van der Waals surface area contributed by atoms with Crippen molar-refractivity contribution >= 4 is 26.8 Å². The van der Waals surface area contributed by atoms with Crippen LogP contribution in [0.25, 0.3) is 22.3 Å². The van der Waals surface area contributed by atoms with Gasteiger partial charge in [-0.25, -0.2) is 18.1 Å². The van der Waals surface area contributed by atoms with Crippen LogP contribution in [0.4, 0.5) is 0 Å². The Labute approximate surface area is 187 Å². The highest BCUT2D eigenvalue weighted by Crippen LogP contribution is 2.32. The van der Waals surface area contributed by atoms with Crippen LogP contribution in [0.1, 0.15) is 28.5 Å². The van der Waals surface area contributed by atoms with Gasteiger partial charge in [-0.2, -0.15) is 5.10 Å². The number of carbonyl (C=O) groups is 1. The van der Waals surface area contributed by atoms with Gasteiger partial charge in [-0.05, 0) is 26.5 Å². The van der Waals surface area contributed by atoms with Crippen LogP contribution >= 0.6 is 0 Å². The van der Waals surface area contributed by atoms with E-state index in [-0.39, 0.29) is 23.5 Å². The highest BCUT2D eigenvalue weighted by atomic mass is 32.2. The van der Waals surface area contributed by atoms with Crippen molar-refractivity contribution in [3.63, 3.8) is 0 Å². The van der Waals surface area contributed by atoms with Gasteiger partial charge in [-0.3, -0.25) is 4.79 Å². The fraction of sp³-hybridized carbons (Fsp3) is 0.435. The monoisotopic (exact) mass is 453 g/mol. The van der Waals surface area contributed by atoms with E-state index in [1.165, 1.54) is 0 Å². The molecule has 0 saturated carbocycles. The molecule has 0 N–H and O–H groups in total. The third-order valence-electron chi connectivity index (χ3n) is 6.48. The highest BCUT2D eigenvalue weighted by Gasteiger charge is 2.33. The number of rotatable bonds is 3. The van der Waals surface area contributed by atoms with Gasteiger partial charge in [0, 0.05) is 31.7 Å². The van der Waals surface area contributed by atoms with Crippen LogP contribution in [0.2, 0.25) is 0 Å². The van der Waals surface area contributed by atoms with Gasteiger partial charge in [0.1, 0.15) is 0 Å². The van der Waals surface area contributed by atoms with Crippen LogP contribution in [-0.2, 0) is 9.84 Å². The number of sulfone groups is 1. The number of hydrogen-bond acceptors (Lipinski definition) is 6. The summed E-state index contributed by atoms with van der Waals surface area (Å²) in [5, 5.41) is 5.40. The fourth-order valence-electron chi connectivity index (χ4n) is 4.64. The number of likely N-dealkylation sites (N-methyl/N-ethyl adjacent to an activating group) is 1. The Morgan fingerprint density at radius 2 is 1.81 bits per heavy atom. The number of nitrogens with zero attached hydrogens (tertiary/aromatic N) is 5. The summed E-state index contributed by atoms with van der Waals surface area (Å²) < 4.78 is 26.0. The molecule has 3 aromatic rings. The number of benzene rings is 1. The van der Waals surface area contributed by atoms with E-state index in [4.69, 9.17) is 4.98 Å². The van der Waals surface area contributed by atoms with Crippen molar-refractivity contribution in [2.75, 3.05) is 44.7 Å². The summed E-state index contributed by atoms with van der Waals surface area (Å²) in [5.74, 6) is 0.190. The van der Waals surface area contributed by atoms with E-state index in [9.17, 15) is 13.2 Å². The average Bonchev–Trinajstić information content (AvgIpc) is 3.32. The predicted octanol–water partition coefficient (Wildman–Crippen LogP) is 2.15. The molecular weight excluding hydrogens is 426 g/mol. The molecule has 4 heterocycles. The number of piperazine rings is 1. The second-order valence-corrected chi connectivity index (χ2v) is 11.0. The molecule has 1 aromatic carbocycles. The van der Waals surface area contributed by atoms with E-state index in [0.717, 1.165) is 24.0 Å². The van der Waals surface area contributed by atoms with E-state index >= 15 is 0 Å². The summed E-state index contributed by atoms with van der Waals surface area (Å²) in [6, 6.07) is 11.3. The quantitative estimate of drug-likeness (QED) is 0.604. The molecule has 1 atom stereocenters. The number of carbonyl (C=O) groups excluding carboxylic acids is 1. The normalized spacial score (nSPS) is 21.3. The number of hydrogen-bond donors (Lipinski definition) is 0. The lowest BCUT2D eigenvalue weighted by atomic mass is 10.0. The van der Waals surface area contributed by atoms with Crippen molar-refractivity contribution in [1.29, 1.82) is 0 Å². The molecule has 5 rings (SSSR count). The minimum Gasteiger partial charge on any atom is -0.336 e. The Hall–Kier alpha value is -2.78. The maximum atomic E-state index is 13.6. The lowest BCUT2D eigenvalue weighted by molar-refractivity contribution is 0.0666. The van der Waals surface area contributed by atoms with Crippen molar-refractivity contribution in [2.45, 2.75) is 19.4 Å². The molecule has 2 aliphatic rings. The Morgan fingerprint density at radius 3 is 2.47 bits per heavy atom. The topological polar surface area (TPSA) is 88.4 Å². The molecule has 2 saturated heterocycles. The lowest BCUT2D eigenvalue weighted by Gasteiger charge is -2.32. The fourth-order valence-corrected chi connectivity index (χ4v) is 6.33. The van der Waals surface area contributed by atoms with Crippen LogP contribution in [0.5, 0.6) is 0 Å². The largest absolute Gasteiger partial charge is 0.336 e. The first-order valence-corrected chi connectivity index (χ1v) is 12.8. The van der Waals surface area contributed by atoms with Crippen molar-refractivity contribution in [2.24, 2.45) is 0 Å². The first-order valence-electron chi connectivity index (χ1n) is 11.0. The molecule has 1 amide bonds. The summed E-state index contributed by atoms with van der Waals surface area (Å²) in [7, 11) is -1.02. The summed E-state index contributed by atoms with van der Waals surface area (Å²) in [5.41, 5.74) is 3.48. The van der Waals surface area contributed by atoms with Crippen molar-refractivity contribution in [3.8, 4) is 11.3 Å². The number of aromatic nitrogens is 3. The van der Waals surface area contributed by atoms with Crippen LogP contribution in [0.3, 0.4) is 0 Å². The minimum absolute atomic E-state index is 0.0237. The van der Waals surface area contributed by atoms with Crippen LogP contribution in [0, 0.1) is 6.92 Å². The number of amides is 1. The second-order valence-electron chi connectivity index (χ2n) is 8.80. The predicted molar refractivity (Wildman–Crippen MR) is 123 cm³/mol. The molecule has 0 unspecified atom stereocenters. The minimum atomic E-state index is -3.08. The molecule has 2 fully saturated rings. The molecule has 0 aliphatic carbocycles. The second kappa shape index (κ2) is 7.97. The Bertz CT molecular complexity index is 1280. The van der Waals surface area contributed by atoms with Gasteiger partial charge in [-0.1, -0.05) is 30.3 Å². The van der Waals surface area contributed by atoms with E-state index < -0.39 is 9.84 Å². The first kappa shape index (κ1) is 21.1. The average molecular weight is 454 g/mol. The molecule has 0 radical (unpaired) electrons. The zero-order chi connectivity index (χ0) is 22.5. The molecular formula is C23H27N5O3S. The third-order valence-corrected chi connectivity index (χ3v) is 8.23. The van der Waals surface area contributed by atoms with Gasteiger partial charge in [0.2, 0.25) is 0 Å². The molecule has 2 aromatic heterocycles. The molecule has 0 bridgehead atoms. The van der Waals surface area contributed by atoms with Crippen molar-refractivity contribution < 1.29 is 13.2 Å². The Morgan fingerprint density at radius 1 is 1.09 bits per heavy atom. The van der Waals surface area contributed by atoms with E-state index in [0.29, 0.717) is 42.1 Å². The van der Waals surface area contributed by atoms with Gasteiger partial charge in [0.15, 0.2) is 15.5 Å². The standard InChI is InChI=1S/C23H27N5O3S/c1-16-21-19(23(29)27-11-9-26(2)10-12-27)14-20(17-6-4-3-5-7-17)24-22(21)28(25-16)18-8-13-32(30,31)15-18/h3-7,14,18H,8-13,15H2,1-2H3/t18-/m0/s1. The molecule has 8 nitrogen and oxygen atoms in total. The number of fused-ring (bicyclic) bond motifs is 1. The van der Waals surface area contributed by atoms with Gasteiger partial charge in [0.25, 0.3) is 5.91 Å². The number of pyridine rings is 1. The molecule has 9 heteroatoms. The smallest absolute Gasteiger partial charge is 0.254 e. The van der Waals surface area contributed by atoms with Gasteiger partial charge in [0.05, 0.1) is 39.9 Å². The van der Waals surface area contributed by atoms with Crippen LogP contribution < -0.4 is 0 Å². The molecule has 2 aliphatic heterocycles. The Balaban J connectivity index is 1.67. The maximum absolute atomic E-state index is 13.6. The third kappa shape index (κ3) is 3.80. The Kier molecular flexibility index (Phi) is 5.25. The maximum Gasteiger partial charge on any atom is 0.254 e. The zero-order valence-corrected chi connectivity index (χ0v) is 19.2.